The minimum atomic E-state index is -0.181. The van der Waals surface area contributed by atoms with E-state index in [1.807, 2.05) is 30.3 Å². The molecule has 2 heterocycles. The molecule has 0 saturated heterocycles. The van der Waals surface area contributed by atoms with Crippen molar-refractivity contribution in [3.8, 4) is 0 Å². The van der Waals surface area contributed by atoms with Gasteiger partial charge < -0.3 is 11.6 Å². The van der Waals surface area contributed by atoms with E-state index in [4.69, 9.17) is 68.1 Å². The molecule has 0 amide bonds. The minimum absolute atomic E-state index is 0. The fourth-order valence-electron chi connectivity index (χ4n) is 1.25. The predicted molar refractivity (Wildman–Crippen MR) is 104 cm³/mol. The van der Waals surface area contributed by atoms with Gasteiger partial charge in [0.2, 0.25) is 26.4 Å². The Balaban J connectivity index is -0.000000426. The van der Waals surface area contributed by atoms with Crippen LogP contribution in [0.25, 0.3) is 0 Å². The first-order valence-electron chi connectivity index (χ1n) is 6.59. The standard InChI is InChI=1S/C9H5Cl2N3S.C3Cl3N3.CH2O3.2K.H/c10-7-12-8(11)14-9(13-7)15-6-4-2-1-3-5-6;4-1-7-2(5)9-3(6)8-1;2-1-4-3;;;/h1-5H;;1,3H;;;/q;;;2*+1;-1/p-1. The Morgan fingerprint density at radius 3 is 1.43 bits per heavy atom. The molecule has 0 aliphatic carbocycles. The molecule has 0 bridgehead atoms. The minimum Gasteiger partial charge on any atom is -1.00 e. The van der Waals surface area contributed by atoms with Gasteiger partial charge in [0.05, 0.1) is 0 Å². The van der Waals surface area contributed by atoms with Crippen LogP contribution in [0, 0.1) is 0 Å². The zero-order chi connectivity index (χ0) is 20.9. The third-order valence-corrected chi connectivity index (χ3v) is 3.82. The maximum Gasteiger partial charge on any atom is 1.00 e. The van der Waals surface area contributed by atoms with Gasteiger partial charge in [-0.3, -0.25) is 4.79 Å². The first-order chi connectivity index (χ1) is 13.3. The van der Waals surface area contributed by atoms with E-state index in [2.05, 4.69) is 34.8 Å². The van der Waals surface area contributed by atoms with Crippen LogP contribution in [0.1, 0.15) is 1.43 Å². The van der Waals surface area contributed by atoms with Gasteiger partial charge in [0.1, 0.15) is 0 Å². The summed E-state index contributed by atoms with van der Waals surface area (Å²) in [6, 6.07) is 9.73. The molecular weight excluding hydrogens is 576 g/mol. The van der Waals surface area contributed by atoms with E-state index in [1.165, 1.54) is 11.8 Å². The van der Waals surface area contributed by atoms with E-state index in [0.29, 0.717) is 5.16 Å². The summed E-state index contributed by atoms with van der Waals surface area (Å²) in [6.45, 7) is -0.181. The number of benzene rings is 1. The Bertz CT molecular complexity index is 842. The van der Waals surface area contributed by atoms with Crippen LogP contribution in [0.4, 0.5) is 0 Å². The summed E-state index contributed by atoms with van der Waals surface area (Å²) in [5.41, 5.74) is 0. The first-order valence-corrected chi connectivity index (χ1v) is 9.29. The van der Waals surface area contributed by atoms with E-state index in [1.54, 1.807) is 0 Å². The topological polar surface area (TPSA) is 127 Å². The summed E-state index contributed by atoms with van der Waals surface area (Å²) >= 11 is 28.7. The van der Waals surface area contributed by atoms with Crippen molar-refractivity contribution >= 4 is 76.2 Å². The second kappa shape index (κ2) is 20.1. The molecule has 0 atom stereocenters. The molecule has 2 aromatic heterocycles. The monoisotopic (exact) mass is 580 g/mol. The molecule has 0 radical (unpaired) electrons. The van der Waals surface area contributed by atoms with Gasteiger partial charge in [0, 0.05) is 4.90 Å². The van der Waals surface area contributed by atoms with Gasteiger partial charge in [0.25, 0.3) is 6.47 Å². The largest absolute Gasteiger partial charge is 1.00 e. The van der Waals surface area contributed by atoms with Crippen LogP contribution in [-0.2, 0) is 9.68 Å². The number of hydrogen-bond acceptors (Lipinski definition) is 10. The first kappa shape index (κ1) is 33.9. The number of nitrogens with zero attached hydrogens (tertiary/aromatic N) is 6. The number of halogens is 5. The molecule has 9 nitrogen and oxygen atoms in total. The molecule has 0 spiro atoms. The van der Waals surface area contributed by atoms with Crippen LogP contribution in [-0.4, -0.2) is 36.4 Å². The Morgan fingerprint density at radius 1 is 0.767 bits per heavy atom. The normalized spacial score (nSPS) is 8.73. The fourth-order valence-corrected chi connectivity index (χ4v) is 3.09. The van der Waals surface area contributed by atoms with Gasteiger partial charge in [0.15, 0.2) is 5.16 Å². The predicted octanol–water partition coefficient (Wildman–Crippen LogP) is -2.28. The van der Waals surface area contributed by atoms with Crippen molar-refractivity contribution in [3.63, 3.8) is 0 Å². The van der Waals surface area contributed by atoms with Gasteiger partial charge in [-0.05, 0) is 81.9 Å². The van der Waals surface area contributed by atoms with Crippen molar-refractivity contribution in [1.82, 2.24) is 29.9 Å². The van der Waals surface area contributed by atoms with E-state index in [9.17, 15) is 0 Å². The second-order valence-corrected chi connectivity index (χ2v) is 6.64. The van der Waals surface area contributed by atoms with E-state index in [0.717, 1.165) is 4.90 Å². The molecule has 3 aromatic rings. The SMILES string of the molecule is Clc1nc(Cl)nc(Cl)n1.Clc1nc(Cl)nc(Sc2ccccc2)n1.O=CO[O-].[H-].[K+].[K+]. The Hall–Kier alpha value is 1.74. The van der Waals surface area contributed by atoms with Crippen molar-refractivity contribution in [2.45, 2.75) is 10.1 Å². The number of hydrogen-bond donors (Lipinski definition) is 0. The third-order valence-electron chi connectivity index (χ3n) is 2.11. The van der Waals surface area contributed by atoms with Gasteiger partial charge in [-0.25, -0.2) is 0 Å². The van der Waals surface area contributed by atoms with Crippen LogP contribution >= 0.6 is 69.8 Å². The van der Waals surface area contributed by atoms with Gasteiger partial charge >= 0.3 is 103 Å². The Kier molecular flexibility index (Phi) is 22.8. The summed E-state index contributed by atoms with van der Waals surface area (Å²) < 4.78 is 0. The third kappa shape index (κ3) is 16.4. The van der Waals surface area contributed by atoms with E-state index in [-0.39, 0.29) is 137 Å². The molecule has 0 fully saturated rings. The average molecular weight is 583 g/mol. The van der Waals surface area contributed by atoms with Crippen LogP contribution < -0.4 is 108 Å². The number of carbonyl (C=O) groups excluding carboxylic acids is 1. The zero-order valence-electron chi connectivity index (χ0n) is 16.2. The smallest absolute Gasteiger partial charge is 1.00 e. The Morgan fingerprint density at radius 2 is 1.10 bits per heavy atom. The van der Waals surface area contributed by atoms with Crippen LogP contribution in [0.2, 0.25) is 26.4 Å². The average Bonchev–Trinajstić information content (AvgIpc) is 2.61. The molecule has 0 unspecified atom stereocenters. The summed E-state index contributed by atoms with van der Waals surface area (Å²) in [5, 5.41) is 9.13. The Labute approximate surface area is 286 Å². The molecule has 0 N–H and O–H groups in total. The zero-order valence-corrected chi connectivity index (χ0v) is 26.0. The summed E-state index contributed by atoms with van der Waals surface area (Å²) in [5.74, 6) is 0. The van der Waals surface area contributed by atoms with E-state index < -0.39 is 0 Å². The van der Waals surface area contributed by atoms with Crippen molar-refractivity contribution in [2.75, 3.05) is 0 Å². The number of aromatic nitrogens is 6. The molecule has 17 heteroatoms. The second-order valence-electron chi connectivity index (χ2n) is 3.91. The molecule has 0 aliphatic rings. The molecular formula is C13H7Cl5K2N6O3S. The number of carbonyl (C=O) groups is 1. The fraction of sp³-hybridized carbons (Fsp3) is 0. The molecule has 150 valence electrons. The maximum absolute atomic E-state index is 8.64. The van der Waals surface area contributed by atoms with Gasteiger partial charge in [-0.15, -0.1) is 0 Å². The molecule has 1 aromatic carbocycles. The van der Waals surface area contributed by atoms with Gasteiger partial charge in [-0.1, -0.05) is 18.2 Å². The van der Waals surface area contributed by atoms with Crippen molar-refractivity contribution in [2.24, 2.45) is 0 Å². The quantitative estimate of drug-likeness (QED) is 0.144. The molecule has 0 saturated carbocycles. The maximum atomic E-state index is 8.64. The number of rotatable bonds is 3. The van der Waals surface area contributed by atoms with Crippen molar-refractivity contribution in [1.29, 1.82) is 0 Å². The molecule has 0 aliphatic heterocycles. The van der Waals surface area contributed by atoms with Crippen LogP contribution in [0.15, 0.2) is 40.4 Å². The molecule has 3 rings (SSSR count). The molecule has 30 heavy (non-hydrogen) atoms. The summed E-state index contributed by atoms with van der Waals surface area (Å²) in [6.07, 6.45) is 0. The van der Waals surface area contributed by atoms with Crippen LogP contribution in [0.3, 0.4) is 0 Å². The van der Waals surface area contributed by atoms with Crippen molar-refractivity contribution < 1.29 is 119 Å². The van der Waals surface area contributed by atoms with Crippen molar-refractivity contribution in [3.05, 3.63) is 56.7 Å². The summed E-state index contributed by atoms with van der Waals surface area (Å²) in [7, 11) is 0. The summed E-state index contributed by atoms with van der Waals surface area (Å²) in [4.78, 5) is 34.2. The van der Waals surface area contributed by atoms with Gasteiger partial charge in [-0.2, -0.15) is 29.9 Å². The van der Waals surface area contributed by atoms with Crippen LogP contribution in [0.5, 0.6) is 0 Å². The van der Waals surface area contributed by atoms with E-state index >= 15 is 0 Å².